The fourth-order valence-corrected chi connectivity index (χ4v) is 5.72. The van der Waals surface area contributed by atoms with Gasteiger partial charge in [0.05, 0.1) is 21.1 Å². The summed E-state index contributed by atoms with van der Waals surface area (Å²) >= 11 is 0. The lowest BCUT2D eigenvalue weighted by molar-refractivity contribution is -0.873. The number of quaternary nitrogens is 1. The number of carbonyl (C=O) groups is 2. The number of hydrogen-bond acceptors (Lipinski definition) is 3. The maximum atomic E-state index is 13.5. The van der Waals surface area contributed by atoms with Crippen LogP contribution >= 0.6 is 9.47 Å². The first-order valence-corrected chi connectivity index (χ1v) is 20.1. The van der Waals surface area contributed by atoms with E-state index in [1.807, 2.05) is 21.1 Å². The molecule has 0 N–H and O–H groups in total. The Morgan fingerprint density at radius 3 is 1.02 bits per heavy atom. The molecule has 0 atom stereocenters. The van der Waals surface area contributed by atoms with Gasteiger partial charge in [0.2, 0.25) is 5.60 Å². The van der Waals surface area contributed by atoms with Crippen molar-refractivity contribution in [1.29, 1.82) is 0 Å². The van der Waals surface area contributed by atoms with Crippen LogP contribution in [0, 0.1) is 0 Å². The topological polar surface area (TPSA) is 43.4 Å². The van der Waals surface area contributed by atoms with E-state index in [4.69, 9.17) is 4.52 Å². The van der Waals surface area contributed by atoms with Crippen molar-refractivity contribution in [2.24, 2.45) is 0 Å². The van der Waals surface area contributed by atoms with Crippen LogP contribution in [0.15, 0.2) is 97.2 Å². The average molecular weight is 708 g/mol. The summed E-state index contributed by atoms with van der Waals surface area (Å²) in [6.45, 7) is 4.77. The fraction of sp³-hybridized carbons (Fsp3) is 0.600. The normalized spacial score (nSPS) is 13.5. The highest BCUT2D eigenvalue weighted by atomic mass is 31.0. The molecular formula is C45H74NO3P. The van der Waals surface area contributed by atoms with E-state index in [1.165, 1.54) is 51.4 Å². The molecule has 0 saturated carbocycles. The van der Waals surface area contributed by atoms with E-state index in [9.17, 15) is 9.59 Å². The second-order valence-electron chi connectivity index (χ2n) is 14.2. The smallest absolute Gasteiger partial charge is 0.204 e. The molecule has 0 heterocycles. The predicted octanol–water partition coefficient (Wildman–Crippen LogP) is 12.9. The molecule has 282 valence electrons. The Hall–Kier alpha value is -2.39. The number of hydrogen-bond donors (Lipinski definition) is 0. The third-order valence-corrected chi connectivity index (χ3v) is 8.58. The largest absolute Gasteiger partial charge is 0.541 e. The molecule has 0 aliphatic rings. The Kier molecular flexibility index (Phi) is 32.1. The van der Waals surface area contributed by atoms with E-state index in [2.05, 4.69) is 121 Å². The molecular weight excluding hydrogens is 633 g/mol. The molecule has 0 saturated heterocycles. The van der Waals surface area contributed by atoms with Crippen LogP contribution in [0.2, 0.25) is 0 Å². The van der Waals surface area contributed by atoms with Crippen molar-refractivity contribution in [1.82, 2.24) is 0 Å². The number of allylic oxidation sites excluding steroid dienone is 16. The molecule has 0 aromatic carbocycles. The van der Waals surface area contributed by atoms with Gasteiger partial charge in [-0.25, -0.2) is 0 Å². The minimum atomic E-state index is -1.47. The molecule has 0 aromatic rings. The van der Waals surface area contributed by atoms with Crippen LogP contribution in [0.4, 0.5) is 0 Å². The maximum Gasteiger partial charge on any atom is 0.204 e. The van der Waals surface area contributed by atoms with Crippen molar-refractivity contribution < 1.29 is 18.6 Å². The molecule has 50 heavy (non-hydrogen) atoms. The Morgan fingerprint density at radius 2 is 0.760 bits per heavy atom. The van der Waals surface area contributed by atoms with E-state index < -0.39 is 5.60 Å². The van der Waals surface area contributed by atoms with Gasteiger partial charge in [-0.05, 0) is 89.9 Å². The lowest BCUT2D eigenvalue weighted by Crippen LogP contribution is -2.58. The fourth-order valence-electron chi connectivity index (χ4n) is 5.43. The van der Waals surface area contributed by atoms with Crippen LogP contribution in [0.25, 0.3) is 0 Å². The number of carbonyl (C=O) groups excluding carboxylic acids is 2. The highest BCUT2D eigenvalue weighted by Gasteiger charge is 2.46. The first kappa shape index (κ1) is 47.6. The first-order valence-electron chi connectivity index (χ1n) is 19.6. The molecule has 0 bridgehead atoms. The molecule has 0 aliphatic heterocycles. The highest BCUT2D eigenvalue weighted by molar-refractivity contribution is 7.10. The van der Waals surface area contributed by atoms with E-state index in [0.29, 0.717) is 36.7 Å². The lowest BCUT2D eigenvalue weighted by Gasteiger charge is -2.39. The Labute approximate surface area is 311 Å². The molecule has 0 radical (unpaired) electrons. The van der Waals surface area contributed by atoms with Crippen LogP contribution in [0.3, 0.4) is 0 Å². The molecule has 0 amide bonds. The molecule has 5 heteroatoms. The molecule has 0 spiro atoms. The van der Waals surface area contributed by atoms with Gasteiger partial charge < -0.3 is 18.5 Å². The van der Waals surface area contributed by atoms with Gasteiger partial charge >= 0.3 is 0 Å². The molecule has 0 rings (SSSR count). The van der Waals surface area contributed by atoms with Crippen LogP contribution in [-0.2, 0) is 14.1 Å². The van der Waals surface area contributed by atoms with Crippen LogP contribution < -0.4 is 0 Å². The summed E-state index contributed by atoms with van der Waals surface area (Å²) in [6, 6.07) is 0. The van der Waals surface area contributed by atoms with Gasteiger partial charge in [0, 0.05) is 12.8 Å². The number of Topliss-reactive ketones (excluding diaryl/α,β-unsaturated/α-hetero) is 2. The monoisotopic (exact) mass is 708 g/mol. The van der Waals surface area contributed by atoms with Crippen LogP contribution in [-0.4, -0.2) is 49.3 Å². The SMILES string of the molecule is CCCCC/C=C\C/C=C\C/C=C\C/C=C\CCCC(=O)C(C[N+](C)(C)C)(O[PH-])C(=O)CCC/C=C\C/C=C\C/C=C\C/C=C\CCCCC. The van der Waals surface area contributed by atoms with Crippen molar-refractivity contribution in [2.75, 3.05) is 27.7 Å². The average Bonchev–Trinajstić information content (AvgIpc) is 3.09. The Balaban J connectivity index is 4.50. The van der Waals surface area contributed by atoms with Gasteiger partial charge in [0.25, 0.3) is 0 Å². The zero-order valence-electron chi connectivity index (χ0n) is 32.8. The highest BCUT2D eigenvalue weighted by Crippen LogP contribution is 2.26. The molecule has 0 unspecified atom stereocenters. The quantitative estimate of drug-likeness (QED) is 0.0224. The van der Waals surface area contributed by atoms with Gasteiger partial charge in [0.15, 0.2) is 11.6 Å². The summed E-state index contributed by atoms with van der Waals surface area (Å²) in [4.78, 5) is 27.0. The van der Waals surface area contributed by atoms with Gasteiger partial charge in [-0.2, -0.15) is 0 Å². The van der Waals surface area contributed by atoms with E-state index in [1.54, 1.807) is 0 Å². The van der Waals surface area contributed by atoms with Gasteiger partial charge in [0.1, 0.15) is 6.54 Å². The number of nitrogens with zero attached hydrogens (tertiary/aromatic N) is 1. The zero-order valence-corrected chi connectivity index (χ0v) is 33.8. The molecule has 0 aliphatic carbocycles. The summed E-state index contributed by atoms with van der Waals surface area (Å²) in [7, 11) is 9.11. The molecule has 0 aromatic heterocycles. The maximum absolute atomic E-state index is 13.5. The Bertz CT molecular complexity index is 1010. The summed E-state index contributed by atoms with van der Waals surface area (Å²) in [5.74, 6) is -0.279. The lowest BCUT2D eigenvalue weighted by atomic mass is 9.86. The minimum absolute atomic E-state index is 0.140. The van der Waals surface area contributed by atoms with Crippen molar-refractivity contribution in [3.05, 3.63) is 97.2 Å². The van der Waals surface area contributed by atoms with Gasteiger partial charge in [-0.1, -0.05) is 137 Å². The summed E-state index contributed by atoms with van der Waals surface area (Å²) in [5.41, 5.74) is -1.47. The zero-order chi connectivity index (χ0) is 37.0. The third-order valence-electron chi connectivity index (χ3n) is 8.24. The number of rotatable bonds is 33. The van der Waals surface area contributed by atoms with Crippen LogP contribution in [0.5, 0.6) is 0 Å². The van der Waals surface area contributed by atoms with Crippen molar-refractivity contribution in [3.63, 3.8) is 0 Å². The van der Waals surface area contributed by atoms with Gasteiger partial charge in [-0.3, -0.25) is 9.59 Å². The second-order valence-corrected chi connectivity index (χ2v) is 14.4. The summed E-state index contributed by atoms with van der Waals surface area (Å²) in [5, 5.41) is 0. The van der Waals surface area contributed by atoms with Gasteiger partial charge in [-0.15, -0.1) is 0 Å². The third kappa shape index (κ3) is 28.3. The van der Waals surface area contributed by atoms with Crippen molar-refractivity contribution in [3.8, 4) is 0 Å². The van der Waals surface area contributed by atoms with E-state index in [-0.39, 0.29) is 11.6 Å². The molecule has 4 nitrogen and oxygen atoms in total. The van der Waals surface area contributed by atoms with Crippen molar-refractivity contribution >= 4 is 21.0 Å². The number of likely N-dealkylation sites (N-methyl/N-ethyl adjacent to an activating group) is 1. The molecule has 0 fully saturated rings. The number of ketones is 2. The van der Waals surface area contributed by atoms with E-state index >= 15 is 0 Å². The first-order chi connectivity index (χ1) is 24.2. The standard InChI is InChI=1S/C45H74NO3P/c1-6-8-10-12-14-16-18-20-22-24-26-28-30-32-34-36-38-40-43(47)45(49-50,42-46(3,4)5)44(48)41-39-37-35-33-31-29-27-25-23-21-19-17-15-13-11-9-7-2/h14-17,20-23,26-29,32-35,50H,6-13,18-19,24-25,30-31,36-42H2,1-5H3/b16-14-,17-15-,22-20-,23-21-,28-26-,29-27-,34-32-,35-33-. The van der Waals surface area contributed by atoms with Crippen LogP contribution in [0.1, 0.15) is 142 Å². The predicted molar refractivity (Wildman–Crippen MR) is 222 cm³/mol. The number of unbranched alkanes of at least 4 members (excludes halogenated alkanes) is 8. The van der Waals surface area contributed by atoms with Crippen molar-refractivity contribution in [2.45, 2.75) is 148 Å². The summed E-state index contributed by atoms with van der Waals surface area (Å²) < 4.78 is 6.08. The second kappa shape index (κ2) is 33.7. The minimum Gasteiger partial charge on any atom is -0.541 e. The summed E-state index contributed by atoms with van der Waals surface area (Å²) in [6.07, 6.45) is 54.7. The van der Waals surface area contributed by atoms with E-state index in [0.717, 1.165) is 51.4 Å². The Morgan fingerprint density at radius 1 is 0.480 bits per heavy atom.